The van der Waals surface area contributed by atoms with E-state index in [1.807, 2.05) is 6.07 Å². The smallest absolute Gasteiger partial charge is 0.194 e. The Morgan fingerprint density at radius 2 is 1.67 bits per heavy atom. The van der Waals surface area contributed by atoms with Gasteiger partial charge in [0.15, 0.2) is 17.5 Å². The molecule has 0 N–H and O–H groups in total. The van der Waals surface area contributed by atoms with Gasteiger partial charge in [-0.25, -0.2) is 17.9 Å². The first kappa shape index (κ1) is 13.7. The van der Waals surface area contributed by atoms with E-state index >= 15 is 0 Å². The molecule has 6 heteroatoms. The van der Waals surface area contributed by atoms with E-state index in [-0.39, 0.29) is 5.69 Å². The standard InChI is InChI=1S/C15H8ClF3N2/c16-12-4-2-1-3-11(12)9-7-20-21(8-9)10-5-13(17)15(19)14(18)6-10/h1-8H. The van der Waals surface area contributed by atoms with Gasteiger partial charge >= 0.3 is 0 Å². The Morgan fingerprint density at radius 1 is 1.00 bits per heavy atom. The van der Waals surface area contributed by atoms with Crippen molar-refractivity contribution >= 4 is 11.6 Å². The van der Waals surface area contributed by atoms with Gasteiger partial charge in [-0.15, -0.1) is 0 Å². The van der Waals surface area contributed by atoms with Gasteiger partial charge in [0.2, 0.25) is 0 Å². The minimum Gasteiger partial charge on any atom is -0.240 e. The van der Waals surface area contributed by atoms with Crippen LogP contribution in [0.1, 0.15) is 0 Å². The average molecular weight is 309 g/mol. The predicted octanol–water partition coefficient (Wildman–Crippen LogP) is 4.61. The second-order valence-electron chi connectivity index (χ2n) is 4.38. The Bertz CT molecular complexity index is 791. The van der Waals surface area contributed by atoms with Crippen LogP contribution in [0.15, 0.2) is 48.8 Å². The maximum atomic E-state index is 13.2. The number of nitrogens with zero attached hydrogens (tertiary/aromatic N) is 2. The molecular weight excluding hydrogens is 301 g/mol. The molecule has 3 aromatic rings. The predicted molar refractivity (Wildman–Crippen MR) is 73.9 cm³/mol. The summed E-state index contributed by atoms with van der Waals surface area (Å²) < 4.78 is 40.7. The van der Waals surface area contributed by atoms with E-state index in [1.165, 1.54) is 10.9 Å². The minimum absolute atomic E-state index is 0.0877. The molecule has 0 amide bonds. The molecule has 1 heterocycles. The number of halogens is 4. The van der Waals surface area contributed by atoms with E-state index in [4.69, 9.17) is 11.6 Å². The lowest BCUT2D eigenvalue weighted by atomic mass is 10.1. The molecular formula is C15H8ClF3N2. The highest BCUT2D eigenvalue weighted by atomic mass is 35.5. The third-order valence-corrected chi connectivity index (χ3v) is 3.33. The summed E-state index contributed by atoms with van der Waals surface area (Å²) in [6.07, 6.45) is 3.08. The van der Waals surface area contributed by atoms with Gasteiger partial charge in [0.05, 0.1) is 11.9 Å². The van der Waals surface area contributed by atoms with Gasteiger partial charge in [-0.1, -0.05) is 29.8 Å². The largest absolute Gasteiger partial charge is 0.240 e. The van der Waals surface area contributed by atoms with Gasteiger partial charge in [0, 0.05) is 34.5 Å². The third kappa shape index (κ3) is 2.52. The second kappa shape index (κ2) is 5.26. The molecule has 3 rings (SSSR count). The highest BCUT2D eigenvalue weighted by Crippen LogP contribution is 2.28. The number of benzene rings is 2. The highest BCUT2D eigenvalue weighted by Gasteiger charge is 2.13. The zero-order valence-electron chi connectivity index (χ0n) is 10.5. The fourth-order valence-electron chi connectivity index (χ4n) is 1.97. The lowest BCUT2D eigenvalue weighted by Gasteiger charge is -2.03. The van der Waals surface area contributed by atoms with Gasteiger partial charge in [0.25, 0.3) is 0 Å². The van der Waals surface area contributed by atoms with Gasteiger partial charge in [-0.2, -0.15) is 5.10 Å². The van der Waals surface area contributed by atoms with Crippen molar-refractivity contribution in [2.75, 3.05) is 0 Å². The lowest BCUT2D eigenvalue weighted by molar-refractivity contribution is 0.446. The zero-order valence-corrected chi connectivity index (χ0v) is 11.3. The van der Waals surface area contributed by atoms with Gasteiger partial charge in [-0.3, -0.25) is 0 Å². The first-order valence-corrected chi connectivity index (χ1v) is 6.38. The normalized spacial score (nSPS) is 10.9. The summed E-state index contributed by atoms with van der Waals surface area (Å²) in [7, 11) is 0. The highest BCUT2D eigenvalue weighted by molar-refractivity contribution is 6.33. The number of hydrogen-bond acceptors (Lipinski definition) is 1. The summed E-state index contributed by atoms with van der Waals surface area (Å²) >= 11 is 6.08. The molecule has 0 bridgehead atoms. The van der Waals surface area contributed by atoms with Crippen LogP contribution in [0.3, 0.4) is 0 Å². The molecule has 1 aromatic heterocycles. The van der Waals surface area contributed by atoms with Crippen molar-refractivity contribution in [3.8, 4) is 16.8 Å². The van der Waals surface area contributed by atoms with Crippen LogP contribution < -0.4 is 0 Å². The van der Waals surface area contributed by atoms with E-state index in [1.54, 1.807) is 24.4 Å². The first-order chi connectivity index (χ1) is 10.1. The van der Waals surface area contributed by atoms with Gasteiger partial charge in [-0.05, 0) is 6.07 Å². The molecule has 0 spiro atoms. The average Bonchev–Trinajstić information content (AvgIpc) is 2.94. The number of hydrogen-bond donors (Lipinski definition) is 0. The van der Waals surface area contributed by atoms with Gasteiger partial charge in [0.1, 0.15) is 0 Å². The van der Waals surface area contributed by atoms with Crippen molar-refractivity contribution < 1.29 is 13.2 Å². The van der Waals surface area contributed by atoms with Crippen molar-refractivity contribution in [2.24, 2.45) is 0 Å². The molecule has 0 atom stereocenters. The van der Waals surface area contributed by atoms with Crippen molar-refractivity contribution in [3.63, 3.8) is 0 Å². The lowest BCUT2D eigenvalue weighted by Crippen LogP contribution is -1.99. The van der Waals surface area contributed by atoms with Crippen LogP contribution >= 0.6 is 11.6 Å². The Balaban J connectivity index is 2.05. The van der Waals surface area contributed by atoms with E-state index in [0.29, 0.717) is 10.6 Å². The molecule has 0 saturated carbocycles. The SMILES string of the molecule is Fc1cc(-n2cc(-c3ccccc3Cl)cn2)cc(F)c1F. The Labute approximate surface area is 123 Å². The fraction of sp³-hybridized carbons (Fsp3) is 0. The van der Waals surface area contributed by atoms with Crippen LogP contribution in [0.25, 0.3) is 16.8 Å². The maximum absolute atomic E-state index is 13.2. The molecule has 106 valence electrons. The van der Waals surface area contributed by atoms with Crippen LogP contribution in [0.4, 0.5) is 13.2 Å². The molecule has 0 aliphatic carbocycles. The summed E-state index contributed by atoms with van der Waals surface area (Å²) in [5, 5.41) is 4.55. The second-order valence-corrected chi connectivity index (χ2v) is 4.78. The number of rotatable bonds is 2. The van der Waals surface area contributed by atoms with E-state index < -0.39 is 17.5 Å². The number of aromatic nitrogens is 2. The Hall–Kier alpha value is -2.27. The third-order valence-electron chi connectivity index (χ3n) is 3.00. The zero-order chi connectivity index (χ0) is 15.0. The first-order valence-electron chi connectivity index (χ1n) is 6.01. The van der Waals surface area contributed by atoms with Crippen molar-refractivity contribution in [2.45, 2.75) is 0 Å². The van der Waals surface area contributed by atoms with Crippen molar-refractivity contribution in [1.82, 2.24) is 9.78 Å². The molecule has 0 aliphatic heterocycles. The van der Waals surface area contributed by atoms with Crippen LogP contribution in [0, 0.1) is 17.5 Å². The molecule has 21 heavy (non-hydrogen) atoms. The molecule has 0 saturated heterocycles. The topological polar surface area (TPSA) is 17.8 Å². The summed E-state index contributed by atoms with van der Waals surface area (Å²) in [5.41, 5.74) is 1.52. The summed E-state index contributed by atoms with van der Waals surface area (Å²) in [5.74, 6) is -4.03. The summed E-state index contributed by atoms with van der Waals surface area (Å²) in [6.45, 7) is 0. The molecule has 0 radical (unpaired) electrons. The Morgan fingerprint density at radius 3 is 2.33 bits per heavy atom. The fourth-order valence-corrected chi connectivity index (χ4v) is 2.22. The van der Waals surface area contributed by atoms with Crippen LogP contribution in [0.2, 0.25) is 5.02 Å². The Kier molecular flexibility index (Phi) is 3.43. The summed E-state index contributed by atoms with van der Waals surface area (Å²) in [4.78, 5) is 0. The molecule has 0 fully saturated rings. The van der Waals surface area contributed by atoms with Crippen LogP contribution in [0.5, 0.6) is 0 Å². The maximum Gasteiger partial charge on any atom is 0.194 e. The monoisotopic (exact) mass is 308 g/mol. The summed E-state index contributed by atoms with van der Waals surface area (Å²) in [6, 6.07) is 8.89. The van der Waals surface area contributed by atoms with Crippen LogP contribution in [-0.4, -0.2) is 9.78 Å². The van der Waals surface area contributed by atoms with Crippen molar-refractivity contribution in [3.05, 3.63) is 71.3 Å². The molecule has 2 aromatic carbocycles. The molecule has 2 nitrogen and oxygen atoms in total. The van der Waals surface area contributed by atoms with Crippen LogP contribution in [-0.2, 0) is 0 Å². The van der Waals surface area contributed by atoms with Crippen molar-refractivity contribution in [1.29, 1.82) is 0 Å². The quantitative estimate of drug-likeness (QED) is 0.632. The molecule has 0 aliphatic rings. The minimum atomic E-state index is -1.50. The van der Waals surface area contributed by atoms with E-state index in [9.17, 15) is 13.2 Å². The van der Waals surface area contributed by atoms with Gasteiger partial charge < -0.3 is 0 Å². The molecule has 0 unspecified atom stereocenters. The van der Waals surface area contributed by atoms with E-state index in [0.717, 1.165) is 17.7 Å². The van der Waals surface area contributed by atoms with E-state index in [2.05, 4.69) is 5.10 Å².